The molecule has 0 aromatic carbocycles. The van der Waals surface area contributed by atoms with E-state index in [4.69, 9.17) is 0 Å². The Morgan fingerprint density at radius 3 is 2.76 bits per heavy atom. The largest absolute Gasteiger partial charge is 0.351 e. The predicted molar refractivity (Wildman–Crippen MR) is 72.0 cm³/mol. The summed E-state index contributed by atoms with van der Waals surface area (Å²) >= 11 is 3.54. The van der Waals surface area contributed by atoms with Crippen molar-refractivity contribution in [3.63, 3.8) is 0 Å². The van der Waals surface area contributed by atoms with Gasteiger partial charge < -0.3 is 9.47 Å². The number of aryl methyl sites for hydroxylation is 2. The van der Waals surface area contributed by atoms with E-state index in [9.17, 15) is 0 Å². The van der Waals surface area contributed by atoms with Crippen LogP contribution >= 0.6 is 15.9 Å². The first-order valence-electron chi connectivity index (χ1n) is 5.37. The van der Waals surface area contributed by atoms with Crippen molar-refractivity contribution >= 4 is 21.7 Å². The minimum atomic E-state index is 0.734. The number of anilines is 1. The highest BCUT2D eigenvalue weighted by molar-refractivity contribution is 9.10. The lowest BCUT2D eigenvalue weighted by atomic mass is 10.3. The maximum Gasteiger partial charge on any atom is 0.143 e. The van der Waals surface area contributed by atoms with E-state index in [2.05, 4.69) is 36.9 Å². The third-order valence-corrected chi connectivity index (χ3v) is 3.20. The van der Waals surface area contributed by atoms with Crippen LogP contribution in [0.1, 0.15) is 11.4 Å². The molecule has 0 N–H and O–H groups in total. The van der Waals surface area contributed by atoms with Crippen LogP contribution in [0.25, 0.3) is 0 Å². The molecule has 0 saturated carbocycles. The second kappa shape index (κ2) is 4.87. The molecule has 0 aliphatic carbocycles. The summed E-state index contributed by atoms with van der Waals surface area (Å²) in [7, 11) is 4.00. The first kappa shape index (κ1) is 12.1. The van der Waals surface area contributed by atoms with Crippen LogP contribution in [-0.2, 0) is 13.6 Å². The van der Waals surface area contributed by atoms with Crippen LogP contribution in [0, 0.1) is 6.92 Å². The Labute approximate surface area is 109 Å². The molecule has 0 bridgehead atoms. The number of hydrogen-bond acceptors (Lipinski definition) is 3. The Morgan fingerprint density at radius 1 is 1.41 bits per heavy atom. The summed E-state index contributed by atoms with van der Waals surface area (Å²) in [5, 5.41) is 0. The summed E-state index contributed by atoms with van der Waals surface area (Å²) in [6.45, 7) is 2.76. The molecule has 4 nitrogen and oxygen atoms in total. The van der Waals surface area contributed by atoms with Crippen molar-refractivity contribution in [2.75, 3.05) is 11.9 Å². The fourth-order valence-corrected chi connectivity index (χ4v) is 2.41. The first-order valence-corrected chi connectivity index (χ1v) is 6.16. The number of halogens is 1. The molecule has 0 aliphatic rings. The maximum absolute atomic E-state index is 4.43. The highest BCUT2D eigenvalue weighted by Crippen LogP contribution is 2.24. The predicted octanol–water partition coefficient (Wildman–Crippen LogP) is 2.52. The van der Waals surface area contributed by atoms with Gasteiger partial charge in [-0.2, -0.15) is 0 Å². The van der Waals surface area contributed by atoms with Crippen LogP contribution in [-0.4, -0.2) is 21.6 Å². The minimum Gasteiger partial charge on any atom is -0.351 e. The van der Waals surface area contributed by atoms with Crippen LogP contribution in [0.3, 0.4) is 0 Å². The van der Waals surface area contributed by atoms with Crippen molar-refractivity contribution in [1.82, 2.24) is 14.5 Å². The molecule has 2 aromatic rings. The topological polar surface area (TPSA) is 34.0 Å². The van der Waals surface area contributed by atoms with Crippen molar-refractivity contribution in [3.8, 4) is 0 Å². The highest BCUT2D eigenvalue weighted by atomic mass is 79.9. The van der Waals surface area contributed by atoms with Crippen LogP contribution in [0.5, 0.6) is 0 Å². The number of imidazole rings is 1. The zero-order valence-corrected chi connectivity index (χ0v) is 11.8. The Balaban J connectivity index is 2.20. The number of rotatable bonds is 3. The summed E-state index contributed by atoms with van der Waals surface area (Å²) in [6.07, 6.45) is 5.62. The molecule has 2 aromatic heterocycles. The molecule has 0 aliphatic heterocycles. The molecule has 17 heavy (non-hydrogen) atoms. The van der Waals surface area contributed by atoms with Crippen molar-refractivity contribution in [2.24, 2.45) is 7.05 Å². The molecule has 0 spiro atoms. The zero-order chi connectivity index (χ0) is 12.4. The molecule has 0 radical (unpaired) electrons. The molecule has 0 atom stereocenters. The highest BCUT2D eigenvalue weighted by Gasteiger charge is 2.10. The van der Waals surface area contributed by atoms with Crippen LogP contribution in [0.4, 0.5) is 5.82 Å². The van der Waals surface area contributed by atoms with Gasteiger partial charge in [-0.05, 0) is 34.5 Å². The summed E-state index contributed by atoms with van der Waals surface area (Å²) in [6, 6.07) is 2.07. The normalized spacial score (nSPS) is 10.6. The van der Waals surface area contributed by atoms with E-state index in [1.165, 1.54) is 0 Å². The van der Waals surface area contributed by atoms with Gasteiger partial charge in [0, 0.05) is 32.7 Å². The van der Waals surface area contributed by atoms with Crippen molar-refractivity contribution < 1.29 is 0 Å². The van der Waals surface area contributed by atoms with Crippen LogP contribution in [0.2, 0.25) is 0 Å². The Morgan fingerprint density at radius 2 is 2.18 bits per heavy atom. The number of aromatic nitrogens is 3. The van der Waals surface area contributed by atoms with Gasteiger partial charge in [-0.15, -0.1) is 0 Å². The van der Waals surface area contributed by atoms with Gasteiger partial charge in [0.25, 0.3) is 0 Å². The van der Waals surface area contributed by atoms with E-state index < -0.39 is 0 Å². The summed E-state index contributed by atoms with van der Waals surface area (Å²) in [4.78, 5) is 10.8. The van der Waals surface area contributed by atoms with Gasteiger partial charge in [0.15, 0.2) is 0 Å². The van der Waals surface area contributed by atoms with E-state index in [1.54, 1.807) is 6.20 Å². The molecule has 2 rings (SSSR count). The molecule has 5 heteroatoms. The van der Waals surface area contributed by atoms with Gasteiger partial charge in [-0.3, -0.25) is 0 Å². The Kier molecular flexibility index (Phi) is 3.47. The molecule has 0 unspecified atom stereocenters. The number of pyridine rings is 1. The molecule has 0 saturated heterocycles. The lowest BCUT2D eigenvalue weighted by Crippen LogP contribution is -2.20. The summed E-state index contributed by atoms with van der Waals surface area (Å²) < 4.78 is 3.02. The zero-order valence-electron chi connectivity index (χ0n) is 10.2. The van der Waals surface area contributed by atoms with Gasteiger partial charge in [0.05, 0.1) is 11.0 Å². The first-order chi connectivity index (χ1) is 8.08. The smallest absolute Gasteiger partial charge is 0.143 e. The molecule has 2 heterocycles. The molecule has 0 fully saturated rings. The summed E-state index contributed by atoms with van der Waals surface area (Å²) in [5.41, 5.74) is 1.14. The third-order valence-electron chi connectivity index (χ3n) is 2.62. The molecular formula is C12H15BrN4. The average Bonchev–Trinajstić information content (AvgIpc) is 2.64. The Bertz CT molecular complexity index is 521. The van der Waals surface area contributed by atoms with Crippen molar-refractivity contribution in [2.45, 2.75) is 13.5 Å². The number of nitrogens with zero attached hydrogens (tertiary/aromatic N) is 4. The SMILES string of the molecule is Cc1cnc(N(C)Cc2nccn2C)c(Br)c1. The number of hydrogen-bond donors (Lipinski definition) is 0. The van der Waals surface area contributed by atoms with Gasteiger partial charge in [0.1, 0.15) is 11.6 Å². The molecule has 0 amide bonds. The molecular weight excluding hydrogens is 280 g/mol. The summed E-state index contributed by atoms with van der Waals surface area (Å²) in [5.74, 6) is 1.94. The van der Waals surface area contributed by atoms with E-state index in [0.717, 1.165) is 28.2 Å². The average molecular weight is 295 g/mol. The van der Waals surface area contributed by atoms with Crippen molar-refractivity contribution in [1.29, 1.82) is 0 Å². The van der Waals surface area contributed by atoms with E-state index in [0.29, 0.717) is 0 Å². The molecule has 90 valence electrons. The van der Waals surface area contributed by atoms with Crippen LogP contribution < -0.4 is 4.90 Å². The fourth-order valence-electron chi connectivity index (χ4n) is 1.64. The second-order valence-electron chi connectivity index (χ2n) is 4.13. The van der Waals surface area contributed by atoms with Gasteiger partial charge in [0.2, 0.25) is 0 Å². The quantitative estimate of drug-likeness (QED) is 0.872. The van der Waals surface area contributed by atoms with Crippen molar-refractivity contribution in [3.05, 3.63) is 40.5 Å². The Hall–Kier alpha value is -1.36. The lowest BCUT2D eigenvalue weighted by molar-refractivity contribution is 0.754. The standard InChI is InChI=1S/C12H15BrN4/c1-9-6-10(13)12(15-7-9)17(3)8-11-14-4-5-16(11)2/h4-7H,8H2,1-3H3. The fraction of sp³-hybridized carbons (Fsp3) is 0.333. The van der Waals surface area contributed by atoms with E-state index in [-0.39, 0.29) is 0 Å². The monoisotopic (exact) mass is 294 g/mol. The van der Waals surface area contributed by atoms with Gasteiger partial charge in [-0.1, -0.05) is 0 Å². The lowest BCUT2D eigenvalue weighted by Gasteiger charge is -2.19. The second-order valence-corrected chi connectivity index (χ2v) is 4.98. The minimum absolute atomic E-state index is 0.734. The van der Waals surface area contributed by atoms with Gasteiger partial charge in [-0.25, -0.2) is 9.97 Å². The van der Waals surface area contributed by atoms with E-state index in [1.807, 2.05) is 38.0 Å². The maximum atomic E-state index is 4.43. The third kappa shape index (κ3) is 2.66. The van der Waals surface area contributed by atoms with Gasteiger partial charge >= 0.3 is 0 Å². The van der Waals surface area contributed by atoms with E-state index >= 15 is 0 Å². The van der Waals surface area contributed by atoms with Crippen LogP contribution in [0.15, 0.2) is 29.1 Å².